The van der Waals surface area contributed by atoms with Crippen LogP contribution in [0.2, 0.25) is 0 Å². The van der Waals surface area contributed by atoms with Gasteiger partial charge in [-0.15, -0.1) is 0 Å². The first kappa shape index (κ1) is 13.9. The van der Waals surface area contributed by atoms with Crippen molar-refractivity contribution in [1.82, 2.24) is 10.1 Å². The van der Waals surface area contributed by atoms with E-state index in [0.29, 0.717) is 18.0 Å². The number of carbonyl (C=O) groups is 1. The molecule has 7 nitrogen and oxygen atoms in total. The van der Waals surface area contributed by atoms with E-state index < -0.39 is 9.84 Å². The number of amides is 1. The lowest BCUT2D eigenvalue weighted by Crippen LogP contribution is -2.40. The van der Waals surface area contributed by atoms with Gasteiger partial charge < -0.3 is 14.7 Å². The average Bonchev–Trinajstić information content (AvgIpc) is 2.91. The van der Waals surface area contributed by atoms with Gasteiger partial charge in [-0.05, 0) is 13.3 Å². The van der Waals surface area contributed by atoms with Crippen LogP contribution < -0.4 is 5.32 Å². The Balaban J connectivity index is 1.86. The van der Waals surface area contributed by atoms with E-state index in [-0.39, 0.29) is 30.0 Å². The van der Waals surface area contributed by atoms with Crippen molar-refractivity contribution in [1.29, 1.82) is 0 Å². The fourth-order valence-corrected chi connectivity index (χ4v) is 3.80. The van der Waals surface area contributed by atoms with E-state index in [1.807, 2.05) is 0 Å². The average molecular weight is 287 g/mol. The van der Waals surface area contributed by atoms with E-state index in [4.69, 9.17) is 4.52 Å². The number of nitrogens with zero attached hydrogens (tertiary/aromatic N) is 2. The van der Waals surface area contributed by atoms with Gasteiger partial charge in [0.05, 0.1) is 18.1 Å². The molecular formula is C11H17N3O4S. The minimum atomic E-state index is -2.98. The van der Waals surface area contributed by atoms with E-state index in [1.165, 1.54) is 4.90 Å². The van der Waals surface area contributed by atoms with Gasteiger partial charge in [-0.1, -0.05) is 5.16 Å². The Hall–Kier alpha value is -1.57. The number of hydrogen-bond donors (Lipinski definition) is 1. The van der Waals surface area contributed by atoms with Crippen LogP contribution in [0.1, 0.15) is 12.2 Å². The van der Waals surface area contributed by atoms with Crippen LogP contribution in [0.25, 0.3) is 0 Å². The third-order valence-electron chi connectivity index (χ3n) is 3.20. The summed E-state index contributed by atoms with van der Waals surface area (Å²) in [4.78, 5) is 13.4. The molecule has 0 radical (unpaired) electrons. The Labute approximate surface area is 111 Å². The maximum atomic E-state index is 11.9. The minimum absolute atomic E-state index is 0.0539. The van der Waals surface area contributed by atoms with Crippen molar-refractivity contribution in [3.8, 4) is 0 Å². The Bertz CT molecular complexity index is 566. The highest BCUT2D eigenvalue weighted by molar-refractivity contribution is 7.91. The van der Waals surface area contributed by atoms with E-state index in [0.717, 1.165) is 0 Å². The van der Waals surface area contributed by atoms with Gasteiger partial charge >= 0.3 is 0 Å². The maximum absolute atomic E-state index is 11.9. The van der Waals surface area contributed by atoms with Crippen LogP contribution in [0.15, 0.2) is 10.6 Å². The van der Waals surface area contributed by atoms with Gasteiger partial charge in [0.2, 0.25) is 5.91 Å². The largest absolute Gasteiger partial charge is 0.360 e. The van der Waals surface area contributed by atoms with Gasteiger partial charge in [0.15, 0.2) is 15.7 Å². The third-order valence-corrected chi connectivity index (χ3v) is 4.95. The van der Waals surface area contributed by atoms with Crippen molar-refractivity contribution < 1.29 is 17.7 Å². The molecule has 1 amide bonds. The molecule has 19 heavy (non-hydrogen) atoms. The molecular weight excluding hydrogens is 270 g/mol. The number of rotatable bonds is 4. The van der Waals surface area contributed by atoms with Crippen LogP contribution in [-0.2, 0) is 14.6 Å². The molecule has 1 unspecified atom stereocenters. The molecule has 8 heteroatoms. The SMILES string of the molecule is Cc1cc(NCC(=O)N(C)C2CCS(=O)(=O)C2)no1. The number of hydrogen-bond acceptors (Lipinski definition) is 6. The molecule has 1 aromatic rings. The van der Waals surface area contributed by atoms with E-state index in [9.17, 15) is 13.2 Å². The molecule has 2 rings (SSSR count). The summed E-state index contributed by atoms with van der Waals surface area (Å²) in [6, 6.07) is 1.46. The molecule has 1 aliphatic rings. The molecule has 106 valence electrons. The van der Waals surface area contributed by atoms with E-state index in [1.54, 1.807) is 20.0 Å². The third kappa shape index (κ3) is 3.46. The van der Waals surface area contributed by atoms with Crippen molar-refractivity contribution in [2.75, 3.05) is 30.4 Å². The van der Waals surface area contributed by atoms with Gasteiger partial charge in [-0.25, -0.2) is 8.42 Å². The van der Waals surface area contributed by atoms with E-state index >= 15 is 0 Å². The number of sulfone groups is 1. The molecule has 1 atom stereocenters. The Morgan fingerprint density at radius 3 is 2.89 bits per heavy atom. The van der Waals surface area contributed by atoms with Crippen molar-refractivity contribution in [3.05, 3.63) is 11.8 Å². The van der Waals surface area contributed by atoms with Crippen molar-refractivity contribution in [2.24, 2.45) is 0 Å². The summed E-state index contributed by atoms with van der Waals surface area (Å²) in [5.41, 5.74) is 0. The number of nitrogens with one attached hydrogen (secondary N) is 1. The fourth-order valence-electron chi connectivity index (χ4n) is 2.03. The van der Waals surface area contributed by atoms with Gasteiger partial charge in [0.1, 0.15) is 5.76 Å². The summed E-state index contributed by atoms with van der Waals surface area (Å²) in [6.07, 6.45) is 0.508. The molecule has 0 saturated carbocycles. The summed E-state index contributed by atoms with van der Waals surface area (Å²) in [5, 5.41) is 6.56. The number of carbonyl (C=O) groups excluding carboxylic acids is 1. The second-order valence-electron chi connectivity index (χ2n) is 4.74. The molecule has 2 heterocycles. The van der Waals surface area contributed by atoms with Crippen LogP contribution >= 0.6 is 0 Å². The molecule has 1 fully saturated rings. The van der Waals surface area contributed by atoms with Crippen LogP contribution in [-0.4, -0.2) is 55.5 Å². The van der Waals surface area contributed by atoms with Crippen molar-refractivity contribution in [2.45, 2.75) is 19.4 Å². The lowest BCUT2D eigenvalue weighted by molar-refractivity contribution is -0.129. The molecule has 1 aliphatic heterocycles. The van der Waals surface area contributed by atoms with Crippen molar-refractivity contribution >= 4 is 21.6 Å². The Kier molecular flexibility index (Phi) is 3.79. The molecule has 0 aromatic carbocycles. The molecule has 0 spiro atoms. The summed E-state index contributed by atoms with van der Waals surface area (Å²) < 4.78 is 27.6. The second-order valence-corrected chi connectivity index (χ2v) is 6.97. The zero-order chi connectivity index (χ0) is 14.0. The summed E-state index contributed by atoms with van der Waals surface area (Å²) >= 11 is 0. The number of aryl methyl sites for hydroxylation is 1. The lowest BCUT2D eigenvalue weighted by Gasteiger charge is -2.23. The Morgan fingerprint density at radius 1 is 1.63 bits per heavy atom. The zero-order valence-corrected chi connectivity index (χ0v) is 11.7. The Morgan fingerprint density at radius 2 is 2.37 bits per heavy atom. The summed E-state index contributed by atoms with van der Waals surface area (Å²) in [5.74, 6) is 1.20. The highest BCUT2D eigenvalue weighted by atomic mass is 32.2. The predicted molar refractivity (Wildman–Crippen MR) is 69.6 cm³/mol. The molecule has 1 N–H and O–H groups in total. The van der Waals surface area contributed by atoms with E-state index in [2.05, 4.69) is 10.5 Å². The van der Waals surface area contributed by atoms with Gasteiger partial charge in [0, 0.05) is 19.2 Å². The number of aromatic nitrogens is 1. The van der Waals surface area contributed by atoms with Gasteiger partial charge in [0.25, 0.3) is 0 Å². The molecule has 1 saturated heterocycles. The summed E-state index contributed by atoms with van der Waals surface area (Å²) in [7, 11) is -1.35. The number of likely N-dealkylation sites (N-methyl/N-ethyl adjacent to an activating group) is 1. The van der Waals surface area contributed by atoms with Crippen LogP contribution in [0.4, 0.5) is 5.82 Å². The smallest absolute Gasteiger partial charge is 0.241 e. The van der Waals surface area contributed by atoms with Crippen LogP contribution in [0, 0.1) is 6.92 Å². The highest BCUT2D eigenvalue weighted by Crippen LogP contribution is 2.16. The molecule has 0 bridgehead atoms. The molecule has 0 aliphatic carbocycles. The first-order valence-electron chi connectivity index (χ1n) is 6.01. The zero-order valence-electron chi connectivity index (χ0n) is 10.9. The summed E-state index contributed by atoms with van der Waals surface area (Å²) in [6.45, 7) is 1.83. The number of anilines is 1. The quantitative estimate of drug-likeness (QED) is 0.840. The fraction of sp³-hybridized carbons (Fsp3) is 0.636. The van der Waals surface area contributed by atoms with Crippen LogP contribution in [0.5, 0.6) is 0 Å². The standard InChI is InChI=1S/C11H17N3O4S/c1-8-5-10(13-18-8)12-6-11(15)14(2)9-3-4-19(16,17)7-9/h5,9H,3-4,6-7H2,1-2H3,(H,12,13). The minimum Gasteiger partial charge on any atom is -0.360 e. The maximum Gasteiger partial charge on any atom is 0.241 e. The topological polar surface area (TPSA) is 92.5 Å². The predicted octanol–water partition coefficient (Wildman–Crippen LogP) is 0.0404. The first-order valence-corrected chi connectivity index (χ1v) is 7.83. The van der Waals surface area contributed by atoms with Gasteiger partial charge in [-0.3, -0.25) is 4.79 Å². The second kappa shape index (κ2) is 5.20. The van der Waals surface area contributed by atoms with Crippen LogP contribution in [0.3, 0.4) is 0 Å². The first-order chi connectivity index (χ1) is 8.87. The normalized spacial score (nSPS) is 21.3. The monoisotopic (exact) mass is 287 g/mol. The van der Waals surface area contributed by atoms with Crippen molar-refractivity contribution in [3.63, 3.8) is 0 Å². The molecule has 1 aromatic heterocycles. The lowest BCUT2D eigenvalue weighted by atomic mass is 10.2. The highest BCUT2D eigenvalue weighted by Gasteiger charge is 2.32. The van der Waals surface area contributed by atoms with Gasteiger partial charge in [-0.2, -0.15) is 0 Å².